The molecule has 15 heavy (non-hydrogen) atoms. The van der Waals surface area contributed by atoms with E-state index in [9.17, 15) is 0 Å². The number of thiophene rings is 1. The summed E-state index contributed by atoms with van der Waals surface area (Å²) < 4.78 is 0. The van der Waals surface area contributed by atoms with Crippen LogP contribution in [-0.4, -0.2) is 0 Å². The van der Waals surface area contributed by atoms with Crippen LogP contribution < -0.4 is 5.73 Å². The van der Waals surface area contributed by atoms with E-state index in [2.05, 4.69) is 16.8 Å². The van der Waals surface area contributed by atoms with Gasteiger partial charge in [-0.05, 0) is 41.1 Å². The standard InChI is InChI=1S/C13H21NS/c14-13(12-8-9-15-10-12)7-6-11-4-2-1-3-5-11/h8-11,13H,1-7,14H2. The molecule has 1 saturated carbocycles. The van der Waals surface area contributed by atoms with Crippen LogP contribution in [0.3, 0.4) is 0 Å². The van der Waals surface area contributed by atoms with E-state index in [0.29, 0.717) is 0 Å². The highest BCUT2D eigenvalue weighted by molar-refractivity contribution is 7.07. The average molecular weight is 223 g/mol. The zero-order chi connectivity index (χ0) is 10.5. The van der Waals surface area contributed by atoms with E-state index >= 15 is 0 Å². The van der Waals surface area contributed by atoms with Crippen molar-refractivity contribution < 1.29 is 0 Å². The Balaban J connectivity index is 1.73. The molecule has 1 heterocycles. The molecular formula is C13H21NS. The van der Waals surface area contributed by atoms with Crippen molar-refractivity contribution in [3.63, 3.8) is 0 Å². The van der Waals surface area contributed by atoms with Gasteiger partial charge in [-0.2, -0.15) is 11.3 Å². The van der Waals surface area contributed by atoms with Crippen LogP contribution in [0.5, 0.6) is 0 Å². The van der Waals surface area contributed by atoms with Gasteiger partial charge in [-0.1, -0.05) is 32.1 Å². The fourth-order valence-corrected chi connectivity index (χ4v) is 3.27. The molecule has 1 atom stereocenters. The van der Waals surface area contributed by atoms with E-state index in [0.717, 1.165) is 5.92 Å². The summed E-state index contributed by atoms with van der Waals surface area (Å²) in [6.45, 7) is 0. The van der Waals surface area contributed by atoms with Crippen LogP contribution in [0.25, 0.3) is 0 Å². The summed E-state index contributed by atoms with van der Waals surface area (Å²) in [6, 6.07) is 2.44. The van der Waals surface area contributed by atoms with Crippen LogP contribution in [0.15, 0.2) is 16.8 Å². The van der Waals surface area contributed by atoms with Gasteiger partial charge >= 0.3 is 0 Å². The fraction of sp³-hybridized carbons (Fsp3) is 0.692. The maximum Gasteiger partial charge on any atom is 0.0303 e. The largest absolute Gasteiger partial charge is 0.324 e. The molecule has 84 valence electrons. The summed E-state index contributed by atoms with van der Waals surface area (Å²) in [5.41, 5.74) is 7.49. The molecule has 1 aliphatic carbocycles. The molecule has 1 fully saturated rings. The molecule has 0 bridgehead atoms. The van der Waals surface area contributed by atoms with Crippen LogP contribution in [0.1, 0.15) is 56.6 Å². The topological polar surface area (TPSA) is 26.0 Å². The van der Waals surface area contributed by atoms with Gasteiger partial charge in [0.15, 0.2) is 0 Å². The molecule has 0 saturated heterocycles. The number of rotatable bonds is 4. The first-order valence-electron chi connectivity index (χ1n) is 6.14. The van der Waals surface area contributed by atoms with Gasteiger partial charge in [0, 0.05) is 6.04 Å². The maximum atomic E-state index is 6.16. The molecule has 1 aromatic heterocycles. The lowest BCUT2D eigenvalue weighted by Crippen LogP contribution is -2.13. The summed E-state index contributed by atoms with van der Waals surface area (Å²) >= 11 is 1.75. The van der Waals surface area contributed by atoms with E-state index in [1.54, 1.807) is 11.3 Å². The zero-order valence-corrected chi connectivity index (χ0v) is 10.1. The second-order valence-electron chi connectivity index (χ2n) is 4.74. The van der Waals surface area contributed by atoms with Gasteiger partial charge in [0.2, 0.25) is 0 Å². The van der Waals surface area contributed by atoms with Crippen molar-refractivity contribution in [2.45, 2.75) is 51.0 Å². The lowest BCUT2D eigenvalue weighted by molar-refractivity contribution is 0.324. The molecule has 1 unspecified atom stereocenters. The van der Waals surface area contributed by atoms with Crippen LogP contribution >= 0.6 is 11.3 Å². The fourth-order valence-electron chi connectivity index (χ4n) is 2.54. The van der Waals surface area contributed by atoms with Crippen LogP contribution in [0.4, 0.5) is 0 Å². The highest BCUT2D eigenvalue weighted by Gasteiger charge is 2.15. The summed E-state index contributed by atoms with van der Waals surface area (Å²) in [4.78, 5) is 0. The molecule has 1 aliphatic rings. The van der Waals surface area contributed by atoms with Crippen LogP contribution in [0.2, 0.25) is 0 Å². The van der Waals surface area contributed by atoms with E-state index in [1.165, 1.54) is 50.5 Å². The lowest BCUT2D eigenvalue weighted by Gasteiger charge is -2.22. The lowest BCUT2D eigenvalue weighted by atomic mass is 9.85. The van der Waals surface area contributed by atoms with Crippen LogP contribution in [-0.2, 0) is 0 Å². The van der Waals surface area contributed by atoms with E-state index in [1.807, 2.05) is 0 Å². The highest BCUT2D eigenvalue weighted by Crippen LogP contribution is 2.29. The Labute approximate surface area is 96.7 Å². The van der Waals surface area contributed by atoms with Crippen molar-refractivity contribution in [3.05, 3.63) is 22.4 Å². The first-order valence-corrected chi connectivity index (χ1v) is 7.08. The van der Waals surface area contributed by atoms with E-state index in [-0.39, 0.29) is 6.04 Å². The van der Waals surface area contributed by atoms with Crippen LogP contribution in [0, 0.1) is 5.92 Å². The van der Waals surface area contributed by atoms with Crippen molar-refractivity contribution in [3.8, 4) is 0 Å². The molecule has 0 spiro atoms. The minimum atomic E-state index is 0.276. The maximum absolute atomic E-state index is 6.16. The summed E-state index contributed by atoms with van der Waals surface area (Å²) in [5.74, 6) is 0.962. The predicted molar refractivity (Wildman–Crippen MR) is 67.1 cm³/mol. The van der Waals surface area contributed by atoms with E-state index in [4.69, 9.17) is 5.73 Å². The van der Waals surface area contributed by atoms with Gasteiger partial charge < -0.3 is 5.73 Å². The third-order valence-electron chi connectivity index (χ3n) is 3.58. The quantitative estimate of drug-likeness (QED) is 0.816. The van der Waals surface area contributed by atoms with Gasteiger partial charge in [0.05, 0.1) is 0 Å². The molecule has 2 N–H and O–H groups in total. The second kappa shape index (κ2) is 5.66. The monoisotopic (exact) mass is 223 g/mol. The Morgan fingerprint density at radius 2 is 2.13 bits per heavy atom. The van der Waals surface area contributed by atoms with Crippen molar-refractivity contribution in [2.24, 2.45) is 11.7 Å². The molecule has 2 rings (SSSR count). The molecule has 1 aromatic rings. The third kappa shape index (κ3) is 3.32. The predicted octanol–water partition coefficient (Wildman–Crippen LogP) is 4.11. The Morgan fingerprint density at radius 3 is 2.80 bits per heavy atom. The van der Waals surface area contributed by atoms with Gasteiger partial charge in [-0.15, -0.1) is 0 Å². The summed E-state index contributed by atoms with van der Waals surface area (Å²) in [5, 5.41) is 4.31. The molecule has 2 heteroatoms. The molecule has 0 aliphatic heterocycles. The number of nitrogens with two attached hydrogens (primary N) is 1. The second-order valence-corrected chi connectivity index (χ2v) is 5.52. The Hall–Kier alpha value is -0.340. The normalized spacial score (nSPS) is 20.3. The number of hydrogen-bond acceptors (Lipinski definition) is 2. The van der Waals surface area contributed by atoms with Gasteiger partial charge in [-0.25, -0.2) is 0 Å². The van der Waals surface area contributed by atoms with Gasteiger partial charge in [0.25, 0.3) is 0 Å². The van der Waals surface area contributed by atoms with Gasteiger partial charge in [0.1, 0.15) is 0 Å². The third-order valence-corrected chi connectivity index (χ3v) is 4.28. The van der Waals surface area contributed by atoms with Gasteiger partial charge in [-0.3, -0.25) is 0 Å². The van der Waals surface area contributed by atoms with Crippen molar-refractivity contribution >= 4 is 11.3 Å². The Bertz CT molecular complexity index is 262. The Morgan fingerprint density at radius 1 is 1.33 bits per heavy atom. The minimum Gasteiger partial charge on any atom is -0.324 e. The number of hydrogen-bond donors (Lipinski definition) is 1. The molecule has 1 nitrogen and oxygen atoms in total. The van der Waals surface area contributed by atoms with Crippen molar-refractivity contribution in [2.75, 3.05) is 0 Å². The first-order chi connectivity index (χ1) is 7.36. The summed E-state index contributed by atoms with van der Waals surface area (Å²) in [7, 11) is 0. The Kier molecular flexibility index (Phi) is 4.21. The molecule has 0 aromatic carbocycles. The molecule has 0 amide bonds. The molecule has 0 radical (unpaired) electrons. The highest BCUT2D eigenvalue weighted by atomic mass is 32.1. The van der Waals surface area contributed by atoms with E-state index < -0.39 is 0 Å². The molecular weight excluding hydrogens is 202 g/mol. The minimum absolute atomic E-state index is 0.276. The first kappa shape index (κ1) is 11.2. The van der Waals surface area contributed by atoms with Crippen molar-refractivity contribution in [1.29, 1.82) is 0 Å². The zero-order valence-electron chi connectivity index (χ0n) is 9.32. The summed E-state index contributed by atoms with van der Waals surface area (Å²) in [6.07, 6.45) is 9.72. The smallest absolute Gasteiger partial charge is 0.0303 e. The average Bonchev–Trinajstić information content (AvgIpc) is 2.81. The van der Waals surface area contributed by atoms with Crippen molar-refractivity contribution in [1.82, 2.24) is 0 Å². The SMILES string of the molecule is NC(CCC1CCCCC1)c1ccsc1.